The molecular weight excluding hydrogens is 304 g/mol. The van der Waals surface area contributed by atoms with Gasteiger partial charge in [-0.15, -0.1) is 0 Å². The van der Waals surface area contributed by atoms with Gasteiger partial charge in [-0.25, -0.2) is 0 Å². The molecule has 2 heterocycles. The summed E-state index contributed by atoms with van der Waals surface area (Å²) in [5.74, 6) is 0.334. The molecule has 2 amide bonds. The van der Waals surface area contributed by atoms with Crippen LogP contribution in [0.5, 0.6) is 0 Å². The minimum Gasteiger partial charge on any atom is -0.356 e. The number of carbonyl (C=O) groups excluding carboxylic acids is 2. The summed E-state index contributed by atoms with van der Waals surface area (Å²) in [7, 11) is 1.93. The summed E-state index contributed by atoms with van der Waals surface area (Å²) in [5, 5.41) is 7.34. The van der Waals surface area contributed by atoms with Gasteiger partial charge in [-0.05, 0) is 45.1 Å². The summed E-state index contributed by atoms with van der Waals surface area (Å²) in [6, 6.07) is 0. The second-order valence-corrected chi connectivity index (χ2v) is 6.67. The SMILES string of the molecule is Cc1nn(C)c(C)c1CCC(=O)NCCCN1CCCCCC1=O. The Morgan fingerprint density at radius 3 is 2.75 bits per heavy atom. The molecule has 0 radical (unpaired) electrons. The fourth-order valence-electron chi connectivity index (χ4n) is 3.28. The standard InChI is InChI=1S/C18H30N4O2/c1-14-16(15(2)21(3)20-14)9-10-17(23)19-11-7-13-22-12-6-4-5-8-18(22)24/h4-13H2,1-3H3,(H,19,23). The fraction of sp³-hybridized carbons (Fsp3) is 0.722. The van der Waals surface area contributed by atoms with E-state index in [-0.39, 0.29) is 11.8 Å². The van der Waals surface area contributed by atoms with Crippen LogP contribution < -0.4 is 5.32 Å². The Labute approximate surface area is 144 Å². The van der Waals surface area contributed by atoms with Gasteiger partial charge in [0, 0.05) is 45.2 Å². The number of likely N-dealkylation sites (tertiary alicyclic amines) is 1. The molecule has 1 aliphatic rings. The van der Waals surface area contributed by atoms with Crippen molar-refractivity contribution in [2.45, 2.75) is 58.8 Å². The van der Waals surface area contributed by atoms with E-state index in [1.807, 2.05) is 30.5 Å². The number of nitrogens with one attached hydrogen (secondary N) is 1. The van der Waals surface area contributed by atoms with Crippen molar-refractivity contribution in [3.63, 3.8) is 0 Å². The first kappa shape index (κ1) is 18.5. The molecule has 1 aliphatic heterocycles. The first-order chi connectivity index (χ1) is 11.5. The first-order valence-electron chi connectivity index (χ1n) is 9.02. The molecule has 0 aliphatic carbocycles. The van der Waals surface area contributed by atoms with Crippen LogP contribution in [0.3, 0.4) is 0 Å². The molecule has 2 rings (SSSR count). The van der Waals surface area contributed by atoms with Crippen LogP contribution >= 0.6 is 0 Å². The number of aryl methyl sites for hydroxylation is 2. The monoisotopic (exact) mass is 334 g/mol. The maximum Gasteiger partial charge on any atom is 0.222 e. The van der Waals surface area contributed by atoms with Crippen LogP contribution in [0.4, 0.5) is 0 Å². The third-order valence-electron chi connectivity index (χ3n) is 4.86. The Hall–Kier alpha value is -1.85. The molecule has 1 N–H and O–H groups in total. The lowest BCUT2D eigenvalue weighted by molar-refractivity contribution is -0.130. The molecule has 0 atom stereocenters. The number of rotatable bonds is 7. The Balaban J connectivity index is 1.65. The van der Waals surface area contributed by atoms with E-state index >= 15 is 0 Å². The molecule has 1 aromatic rings. The molecule has 1 saturated heterocycles. The highest BCUT2D eigenvalue weighted by Gasteiger charge is 2.16. The Bertz CT molecular complexity index is 580. The van der Waals surface area contributed by atoms with E-state index in [9.17, 15) is 9.59 Å². The highest BCUT2D eigenvalue weighted by atomic mass is 16.2. The van der Waals surface area contributed by atoms with E-state index in [1.165, 1.54) is 5.56 Å². The van der Waals surface area contributed by atoms with Crippen LogP contribution in [0, 0.1) is 13.8 Å². The van der Waals surface area contributed by atoms with E-state index in [0.717, 1.165) is 56.6 Å². The largest absolute Gasteiger partial charge is 0.356 e. The third-order valence-corrected chi connectivity index (χ3v) is 4.86. The smallest absolute Gasteiger partial charge is 0.222 e. The van der Waals surface area contributed by atoms with Gasteiger partial charge in [0.05, 0.1) is 5.69 Å². The van der Waals surface area contributed by atoms with Crippen molar-refractivity contribution in [3.8, 4) is 0 Å². The lowest BCUT2D eigenvalue weighted by Gasteiger charge is -2.20. The van der Waals surface area contributed by atoms with Gasteiger partial charge in [-0.3, -0.25) is 14.3 Å². The molecule has 6 heteroatoms. The van der Waals surface area contributed by atoms with Crippen LogP contribution in [-0.4, -0.2) is 46.1 Å². The molecule has 0 aromatic carbocycles. The zero-order valence-corrected chi connectivity index (χ0v) is 15.2. The number of aromatic nitrogens is 2. The second-order valence-electron chi connectivity index (χ2n) is 6.67. The van der Waals surface area contributed by atoms with E-state index < -0.39 is 0 Å². The zero-order chi connectivity index (χ0) is 17.5. The normalized spacial score (nSPS) is 15.5. The molecule has 24 heavy (non-hydrogen) atoms. The van der Waals surface area contributed by atoms with E-state index in [2.05, 4.69) is 10.4 Å². The number of amides is 2. The lowest BCUT2D eigenvalue weighted by Crippen LogP contribution is -2.34. The van der Waals surface area contributed by atoms with Crippen LogP contribution in [0.15, 0.2) is 0 Å². The molecule has 0 unspecified atom stereocenters. The quantitative estimate of drug-likeness (QED) is 0.774. The summed E-state index contributed by atoms with van der Waals surface area (Å²) in [6.07, 6.45) is 5.96. The average Bonchev–Trinajstić information content (AvgIpc) is 2.69. The molecule has 0 spiro atoms. The van der Waals surface area contributed by atoms with E-state index in [0.29, 0.717) is 19.4 Å². The van der Waals surface area contributed by atoms with Gasteiger partial charge in [0.1, 0.15) is 0 Å². The van der Waals surface area contributed by atoms with Gasteiger partial charge < -0.3 is 10.2 Å². The molecule has 1 aromatic heterocycles. The average molecular weight is 334 g/mol. The molecule has 0 bridgehead atoms. The van der Waals surface area contributed by atoms with E-state index in [1.54, 1.807) is 0 Å². The Morgan fingerprint density at radius 2 is 2.04 bits per heavy atom. The van der Waals surface area contributed by atoms with Crippen molar-refractivity contribution in [2.75, 3.05) is 19.6 Å². The third kappa shape index (κ3) is 5.08. The van der Waals surface area contributed by atoms with Crippen molar-refractivity contribution in [2.24, 2.45) is 7.05 Å². The van der Waals surface area contributed by atoms with E-state index in [4.69, 9.17) is 0 Å². The van der Waals surface area contributed by atoms with Gasteiger partial charge in [-0.2, -0.15) is 5.10 Å². The Morgan fingerprint density at radius 1 is 1.25 bits per heavy atom. The summed E-state index contributed by atoms with van der Waals surface area (Å²) < 4.78 is 1.86. The van der Waals surface area contributed by atoms with Crippen molar-refractivity contribution in [3.05, 3.63) is 17.0 Å². The molecule has 6 nitrogen and oxygen atoms in total. The van der Waals surface area contributed by atoms with Crippen LogP contribution in [0.2, 0.25) is 0 Å². The van der Waals surface area contributed by atoms with Gasteiger partial charge >= 0.3 is 0 Å². The van der Waals surface area contributed by atoms with Crippen molar-refractivity contribution in [1.82, 2.24) is 20.0 Å². The Kier molecular flexibility index (Phi) is 6.82. The summed E-state index contributed by atoms with van der Waals surface area (Å²) in [5.41, 5.74) is 3.30. The van der Waals surface area contributed by atoms with Gasteiger partial charge in [0.25, 0.3) is 0 Å². The minimum absolute atomic E-state index is 0.0693. The summed E-state index contributed by atoms with van der Waals surface area (Å²) in [6.45, 7) is 6.27. The van der Waals surface area contributed by atoms with Gasteiger partial charge in [-0.1, -0.05) is 6.42 Å². The molecule has 1 fully saturated rings. The second kappa shape index (κ2) is 8.85. The maximum atomic E-state index is 12.0. The van der Waals surface area contributed by atoms with Crippen LogP contribution in [-0.2, 0) is 23.1 Å². The molecule has 134 valence electrons. The van der Waals surface area contributed by atoms with Gasteiger partial charge in [0.2, 0.25) is 11.8 Å². The number of carbonyl (C=O) groups is 2. The van der Waals surface area contributed by atoms with Gasteiger partial charge in [0.15, 0.2) is 0 Å². The first-order valence-corrected chi connectivity index (χ1v) is 9.02. The fourth-order valence-corrected chi connectivity index (χ4v) is 3.28. The number of hydrogen-bond acceptors (Lipinski definition) is 3. The van der Waals surface area contributed by atoms with Crippen LogP contribution in [0.25, 0.3) is 0 Å². The van der Waals surface area contributed by atoms with Crippen molar-refractivity contribution in [1.29, 1.82) is 0 Å². The summed E-state index contributed by atoms with van der Waals surface area (Å²) in [4.78, 5) is 25.8. The predicted octanol–water partition coefficient (Wildman–Crippen LogP) is 1.88. The number of hydrogen-bond donors (Lipinski definition) is 1. The zero-order valence-electron chi connectivity index (χ0n) is 15.2. The van der Waals surface area contributed by atoms with Crippen molar-refractivity contribution >= 4 is 11.8 Å². The lowest BCUT2D eigenvalue weighted by atomic mass is 10.1. The molecule has 0 saturated carbocycles. The highest BCUT2D eigenvalue weighted by Crippen LogP contribution is 2.14. The van der Waals surface area contributed by atoms with Crippen molar-refractivity contribution < 1.29 is 9.59 Å². The predicted molar refractivity (Wildman–Crippen MR) is 93.7 cm³/mol. The number of nitrogens with zero attached hydrogens (tertiary/aromatic N) is 3. The minimum atomic E-state index is 0.0693. The maximum absolute atomic E-state index is 12.0. The highest BCUT2D eigenvalue weighted by molar-refractivity contribution is 5.77. The topological polar surface area (TPSA) is 67.2 Å². The summed E-state index contributed by atoms with van der Waals surface area (Å²) >= 11 is 0. The van der Waals surface area contributed by atoms with Crippen LogP contribution in [0.1, 0.15) is 55.5 Å². The molecular formula is C18H30N4O2.